The van der Waals surface area contributed by atoms with Gasteiger partial charge in [0.15, 0.2) is 0 Å². The third kappa shape index (κ3) is 3.28. The van der Waals surface area contributed by atoms with E-state index in [9.17, 15) is 4.79 Å². The minimum absolute atomic E-state index is 0.0536. The standard InChI is InChI=1S/C19H19N5O/c25-19(23-17-5-1-3-14-11-20-7-6-16(14)17)15-4-2-10-24(13-15)18-12-21-8-9-22-18/h1,3,5-9,11-12,15H,2,4,10,13H2,(H,23,25). The SMILES string of the molecule is O=C(Nc1cccc2cnccc12)C1CCCN(c2cnccn2)C1. The van der Waals surface area contributed by atoms with Crippen LogP contribution < -0.4 is 10.2 Å². The van der Waals surface area contributed by atoms with Crippen molar-refractivity contribution in [3.05, 3.63) is 55.2 Å². The molecule has 1 fully saturated rings. The lowest BCUT2D eigenvalue weighted by molar-refractivity contribution is -0.120. The van der Waals surface area contributed by atoms with Gasteiger partial charge in [0.2, 0.25) is 5.91 Å². The first-order valence-corrected chi connectivity index (χ1v) is 8.46. The van der Waals surface area contributed by atoms with Gasteiger partial charge in [0.1, 0.15) is 5.82 Å². The van der Waals surface area contributed by atoms with Gasteiger partial charge in [-0.1, -0.05) is 12.1 Å². The van der Waals surface area contributed by atoms with E-state index in [1.807, 2.05) is 24.3 Å². The summed E-state index contributed by atoms with van der Waals surface area (Å²) in [6.07, 6.45) is 10.5. The third-order valence-corrected chi connectivity index (χ3v) is 4.60. The van der Waals surface area contributed by atoms with Gasteiger partial charge in [-0.05, 0) is 25.0 Å². The molecule has 6 heteroatoms. The summed E-state index contributed by atoms with van der Waals surface area (Å²) in [6.45, 7) is 1.57. The van der Waals surface area contributed by atoms with Crippen LogP contribution in [0.2, 0.25) is 0 Å². The van der Waals surface area contributed by atoms with Gasteiger partial charge in [-0.2, -0.15) is 0 Å². The Balaban J connectivity index is 1.51. The van der Waals surface area contributed by atoms with Crippen LogP contribution in [0.5, 0.6) is 0 Å². The molecule has 1 aromatic carbocycles. The fourth-order valence-corrected chi connectivity index (χ4v) is 3.32. The number of pyridine rings is 1. The molecule has 1 aliphatic rings. The van der Waals surface area contributed by atoms with E-state index in [0.717, 1.165) is 41.7 Å². The molecule has 0 aliphatic carbocycles. The van der Waals surface area contributed by atoms with Crippen molar-refractivity contribution in [2.24, 2.45) is 5.92 Å². The maximum absolute atomic E-state index is 12.8. The molecule has 1 saturated heterocycles. The van der Waals surface area contributed by atoms with E-state index in [0.29, 0.717) is 6.54 Å². The first kappa shape index (κ1) is 15.5. The summed E-state index contributed by atoms with van der Waals surface area (Å²) in [4.78, 5) is 27.5. The van der Waals surface area contributed by atoms with Crippen LogP contribution in [0.25, 0.3) is 10.8 Å². The fraction of sp³-hybridized carbons (Fsp3) is 0.263. The molecule has 2 aromatic heterocycles. The molecule has 0 saturated carbocycles. The van der Waals surface area contributed by atoms with E-state index in [-0.39, 0.29) is 11.8 Å². The minimum atomic E-state index is -0.0622. The van der Waals surface area contributed by atoms with Crippen LogP contribution in [-0.4, -0.2) is 33.9 Å². The predicted molar refractivity (Wildman–Crippen MR) is 97.3 cm³/mol. The number of rotatable bonds is 3. The average Bonchev–Trinajstić information content (AvgIpc) is 2.69. The Hall–Kier alpha value is -3.02. The van der Waals surface area contributed by atoms with E-state index in [1.165, 1.54) is 0 Å². The number of benzene rings is 1. The Morgan fingerprint density at radius 3 is 2.92 bits per heavy atom. The van der Waals surface area contributed by atoms with Gasteiger partial charge < -0.3 is 10.2 Å². The highest BCUT2D eigenvalue weighted by atomic mass is 16.1. The van der Waals surface area contributed by atoms with Gasteiger partial charge in [-0.3, -0.25) is 14.8 Å². The molecule has 0 bridgehead atoms. The zero-order valence-electron chi connectivity index (χ0n) is 13.8. The zero-order valence-corrected chi connectivity index (χ0v) is 13.8. The Morgan fingerprint density at radius 1 is 1.12 bits per heavy atom. The zero-order chi connectivity index (χ0) is 17.1. The Morgan fingerprint density at radius 2 is 2.04 bits per heavy atom. The number of fused-ring (bicyclic) bond motifs is 1. The van der Waals surface area contributed by atoms with Crippen molar-refractivity contribution < 1.29 is 4.79 Å². The Labute approximate surface area is 145 Å². The van der Waals surface area contributed by atoms with Crippen molar-refractivity contribution >= 4 is 28.2 Å². The number of hydrogen-bond acceptors (Lipinski definition) is 5. The molecule has 0 radical (unpaired) electrons. The van der Waals surface area contributed by atoms with E-state index in [4.69, 9.17) is 0 Å². The lowest BCUT2D eigenvalue weighted by Gasteiger charge is -2.32. The smallest absolute Gasteiger partial charge is 0.229 e. The summed E-state index contributed by atoms with van der Waals surface area (Å²) in [6, 6.07) is 7.79. The first-order chi connectivity index (χ1) is 12.3. The van der Waals surface area contributed by atoms with Crippen molar-refractivity contribution in [2.75, 3.05) is 23.3 Å². The summed E-state index contributed by atoms with van der Waals surface area (Å²) in [5.41, 5.74) is 0.835. The van der Waals surface area contributed by atoms with Crippen LogP contribution in [0, 0.1) is 5.92 Å². The minimum Gasteiger partial charge on any atom is -0.355 e. The number of anilines is 2. The summed E-state index contributed by atoms with van der Waals surface area (Å²) >= 11 is 0. The largest absolute Gasteiger partial charge is 0.355 e. The molecular weight excluding hydrogens is 314 g/mol. The highest BCUT2D eigenvalue weighted by molar-refractivity contribution is 6.02. The van der Waals surface area contributed by atoms with E-state index >= 15 is 0 Å². The number of nitrogens with one attached hydrogen (secondary N) is 1. The van der Waals surface area contributed by atoms with Crippen molar-refractivity contribution in [2.45, 2.75) is 12.8 Å². The number of carbonyl (C=O) groups is 1. The lowest BCUT2D eigenvalue weighted by Crippen LogP contribution is -2.41. The van der Waals surface area contributed by atoms with Crippen LogP contribution >= 0.6 is 0 Å². The van der Waals surface area contributed by atoms with Gasteiger partial charge in [0.05, 0.1) is 12.1 Å². The number of piperidine rings is 1. The van der Waals surface area contributed by atoms with E-state index in [2.05, 4.69) is 25.2 Å². The third-order valence-electron chi connectivity index (χ3n) is 4.60. The van der Waals surface area contributed by atoms with Crippen LogP contribution in [0.1, 0.15) is 12.8 Å². The van der Waals surface area contributed by atoms with Gasteiger partial charge >= 0.3 is 0 Å². The van der Waals surface area contributed by atoms with E-state index in [1.54, 1.807) is 31.0 Å². The fourth-order valence-electron chi connectivity index (χ4n) is 3.32. The van der Waals surface area contributed by atoms with Crippen LogP contribution in [0.4, 0.5) is 11.5 Å². The molecule has 3 aromatic rings. The second-order valence-corrected chi connectivity index (χ2v) is 6.24. The summed E-state index contributed by atoms with van der Waals surface area (Å²) in [5, 5.41) is 5.12. The van der Waals surface area contributed by atoms with Gasteiger partial charge in [0, 0.05) is 54.3 Å². The molecule has 25 heavy (non-hydrogen) atoms. The van der Waals surface area contributed by atoms with Crippen LogP contribution in [0.3, 0.4) is 0 Å². The molecule has 6 nitrogen and oxygen atoms in total. The van der Waals surface area contributed by atoms with Crippen molar-refractivity contribution in [3.63, 3.8) is 0 Å². The molecule has 4 rings (SSSR count). The number of aromatic nitrogens is 3. The van der Waals surface area contributed by atoms with Gasteiger partial charge in [-0.15, -0.1) is 0 Å². The molecule has 1 amide bonds. The molecule has 0 spiro atoms. The molecule has 1 aliphatic heterocycles. The van der Waals surface area contributed by atoms with Gasteiger partial charge in [-0.25, -0.2) is 4.98 Å². The van der Waals surface area contributed by atoms with Gasteiger partial charge in [0.25, 0.3) is 0 Å². The predicted octanol–water partition coefficient (Wildman–Crippen LogP) is 2.88. The highest BCUT2D eigenvalue weighted by Crippen LogP contribution is 2.25. The monoisotopic (exact) mass is 333 g/mol. The van der Waals surface area contributed by atoms with Crippen LogP contribution in [0.15, 0.2) is 55.2 Å². The molecule has 3 heterocycles. The average molecular weight is 333 g/mol. The number of nitrogens with zero attached hydrogens (tertiary/aromatic N) is 4. The Kier molecular flexibility index (Phi) is 4.24. The summed E-state index contributed by atoms with van der Waals surface area (Å²) in [7, 11) is 0. The Bertz CT molecular complexity index is 878. The highest BCUT2D eigenvalue weighted by Gasteiger charge is 2.26. The van der Waals surface area contributed by atoms with Crippen LogP contribution in [-0.2, 0) is 4.79 Å². The number of amides is 1. The number of hydrogen-bond donors (Lipinski definition) is 1. The maximum atomic E-state index is 12.8. The van der Waals surface area contributed by atoms with E-state index < -0.39 is 0 Å². The molecule has 1 atom stereocenters. The quantitative estimate of drug-likeness (QED) is 0.798. The number of carbonyl (C=O) groups excluding carboxylic acids is 1. The molecular formula is C19H19N5O. The van der Waals surface area contributed by atoms with Crippen molar-refractivity contribution in [1.82, 2.24) is 15.0 Å². The second kappa shape index (κ2) is 6.84. The summed E-state index contributed by atoms with van der Waals surface area (Å²) < 4.78 is 0. The molecule has 1 unspecified atom stereocenters. The lowest BCUT2D eigenvalue weighted by atomic mass is 9.97. The topological polar surface area (TPSA) is 71.0 Å². The maximum Gasteiger partial charge on any atom is 0.229 e. The second-order valence-electron chi connectivity index (χ2n) is 6.24. The summed E-state index contributed by atoms with van der Waals surface area (Å²) in [5.74, 6) is 0.821. The van der Waals surface area contributed by atoms with Crippen molar-refractivity contribution in [3.8, 4) is 0 Å². The normalized spacial score (nSPS) is 17.4. The molecule has 1 N–H and O–H groups in total. The molecule has 126 valence electrons. The van der Waals surface area contributed by atoms with Crippen molar-refractivity contribution in [1.29, 1.82) is 0 Å². The first-order valence-electron chi connectivity index (χ1n) is 8.46.